The van der Waals surface area contributed by atoms with E-state index < -0.39 is 0 Å². The van der Waals surface area contributed by atoms with Crippen LogP contribution in [-0.2, 0) is 12.8 Å². The number of hydrogen-bond acceptors (Lipinski definition) is 5. The molecule has 1 aliphatic rings. The molecule has 0 fully saturated rings. The van der Waals surface area contributed by atoms with E-state index in [1.807, 2.05) is 30.3 Å². The molecule has 4 rings (SSSR count). The highest BCUT2D eigenvalue weighted by Gasteiger charge is 2.25. The maximum atomic E-state index is 12.6. The molecule has 1 aliphatic carbocycles. The third kappa shape index (κ3) is 3.00. The number of rotatable bonds is 3. The first-order chi connectivity index (χ1) is 12.7. The quantitative estimate of drug-likeness (QED) is 0.771. The van der Waals surface area contributed by atoms with Gasteiger partial charge in [0.05, 0.1) is 17.4 Å². The SMILES string of the molecule is C[C@H]1CCc2c(sc(NC(=O)c3cnn(-c4ccccc4)n3)c2C#N)C1. The largest absolute Gasteiger partial charge is 0.311 e. The molecule has 3 aromatic rings. The number of thiophene rings is 1. The van der Waals surface area contributed by atoms with Crippen molar-refractivity contribution in [1.29, 1.82) is 5.26 Å². The fraction of sp³-hybridized carbons (Fsp3) is 0.263. The van der Waals surface area contributed by atoms with Crippen molar-refractivity contribution in [3.05, 3.63) is 58.2 Å². The highest BCUT2D eigenvalue weighted by molar-refractivity contribution is 7.16. The molecule has 6 nitrogen and oxygen atoms in total. The number of carbonyl (C=O) groups is 1. The van der Waals surface area contributed by atoms with Gasteiger partial charge >= 0.3 is 0 Å². The van der Waals surface area contributed by atoms with Gasteiger partial charge in [-0.25, -0.2) is 0 Å². The number of fused-ring (bicyclic) bond motifs is 1. The summed E-state index contributed by atoms with van der Waals surface area (Å²) in [4.78, 5) is 15.2. The van der Waals surface area contributed by atoms with Gasteiger partial charge < -0.3 is 5.32 Å². The lowest BCUT2D eigenvalue weighted by atomic mass is 9.89. The van der Waals surface area contributed by atoms with Crippen LogP contribution in [0, 0.1) is 17.2 Å². The first kappa shape index (κ1) is 16.5. The molecular formula is C19H17N5OS. The minimum atomic E-state index is -0.352. The Morgan fingerprint density at radius 1 is 1.38 bits per heavy atom. The van der Waals surface area contributed by atoms with E-state index in [1.165, 1.54) is 27.2 Å². The average Bonchev–Trinajstić information content (AvgIpc) is 3.26. The van der Waals surface area contributed by atoms with Gasteiger partial charge in [-0.3, -0.25) is 4.79 Å². The van der Waals surface area contributed by atoms with Crippen molar-refractivity contribution in [2.45, 2.75) is 26.2 Å². The molecule has 1 aromatic carbocycles. The Balaban J connectivity index is 1.58. The molecule has 0 unspecified atom stereocenters. The van der Waals surface area contributed by atoms with Crippen LogP contribution < -0.4 is 5.32 Å². The topological polar surface area (TPSA) is 83.6 Å². The summed E-state index contributed by atoms with van der Waals surface area (Å²) in [6.45, 7) is 2.22. The standard InChI is InChI=1S/C19H17N5OS/c1-12-7-8-14-15(10-20)19(26-17(14)9-12)22-18(25)16-11-21-24(23-16)13-5-3-2-4-6-13/h2-6,11-12H,7-9H2,1H3,(H,22,25)/t12-/m0/s1. The molecule has 0 radical (unpaired) electrons. The van der Waals surface area contributed by atoms with Crippen LogP contribution in [0.25, 0.3) is 5.69 Å². The Bertz CT molecular complexity index is 999. The van der Waals surface area contributed by atoms with E-state index in [1.54, 1.807) is 0 Å². The maximum Gasteiger partial charge on any atom is 0.278 e. The summed E-state index contributed by atoms with van der Waals surface area (Å²) >= 11 is 1.51. The second-order valence-corrected chi connectivity index (χ2v) is 7.58. The van der Waals surface area contributed by atoms with Crippen LogP contribution in [0.3, 0.4) is 0 Å². The molecule has 0 aliphatic heterocycles. The highest BCUT2D eigenvalue weighted by atomic mass is 32.1. The van der Waals surface area contributed by atoms with Crippen molar-refractivity contribution in [3.63, 3.8) is 0 Å². The second-order valence-electron chi connectivity index (χ2n) is 6.48. The van der Waals surface area contributed by atoms with Gasteiger partial charge in [0.25, 0.3) is 5.91 Å². The Morgan fingerprint density at radius 2 is 2.19 bits per heavy atom. The number of aromatic nitrogens is 3. The number of hydrogen-bond donors (Lipinski definition) is 1. The number of nitriles is 1. The van der Waals surface area contributed by atoms with Gasteiger partial charge in [0.1, 0.15) is 11.1 Å². The molecule has 130 valence electrons. The fourth-order valence-electron chi connectivity index (χ4n) is 3.18. The first-order valence-electron chi connectivity index (χ1n) is 8.49. The third-order valence-corrected chi connectivity index (χ3v) is 5.73. The highest BCUT2D eigenvalue weighted by Crippen LogP contribution is 2.39. The molecule has 2 aromatic heterocycles. The smallest absolute Gasteiger partial charge is 0.278 e. The van der Waals surface area contributed by atoms with E-state index in [0.29, 0.717) is 16.5 Å². The predicted molar refractivity (Wildman–Crippen MR) is 99.5 cm³/mol. The molecule has 1 N–H and O–H groups in total. The number of anilines is 1. The number of nitrogens with one attached hydrogen (secondary N) is 1. The molecule has 0 bridgehead atoms. The van der Waals surface area contributed by atoms with Gasteiger partial charge in [-0.1, -0.05) is 25.1 Å². The van der Waals surface area contributed by atoms with Gasteiger partial charge in [0, 0.05) is 4.88 Å². The third-order valence-electron chi connectivity index (χ3n) is 4.56. The lowest BCUT2D eigenvalue weighted by molar-refractivity contribution is 0.102. The lowest BCUT2D eigenvalue weighted by Gasteiger charge is -2.17. The minimum absolute atomic E-state index is 0.220. The van der Waals surface area contributed by atoms with Crippen LogP contribution >= 0.6 is 11.3 Å². The summed E-state index contributed by atoms with van der Waals surface area (Å²) in [6.07, 6.45) is 4.38. The van der Waals surface area contributed by atoms with Crippen molar-refractivity contribution >= 4 is 22.2 Å². The predicted octanol–water partition coefficient (Wildman–Crippen LogP) is 3.58. The normalized spacial score (nSPS) is 15.9. The number of benzene rings is 1. The van der Waals surface area contributed by atoms with Gasteiger partial charge in [-0.05, 0) is 42.9 Å². The van der Waals surface area contributed by atoms with Crippen molar-refractivity contribution in [2.75, 3.05) is 5.32 Å². The van der Waals surface area contributed by atoms with Crippen molar-refractivity contribution < 1.29 is 4.79 Å². The Labute approximate surface area is 155 Å². The van der Waals surface area contributed by atoms with E-state index in [4.69, 9.17) is 0 Å². The molecule has 7 heteroatoms. The minimum Gasteiger partial charge on any atom is -0.311 e. The van der Waals surface area contributed by atoms with Crippen LogP contribution in [0.4, 0.5) is 5.00 Å². The molecule has 0 saturated heterocycles. The molecule has 1 amide bonds. The lowest BCUT2D eigenvalue weighted by Crippen LogP contribution is -2.13. The molecule has 0 spiro atoms. The summed E-state index contributed by atoms with van der Waals surface area (Å²) in [5.41, 5.74) is 2.70. The van der Waals surface area contributed by atoms with E-state index in [9.17, 15) is 10.1 Å². The first-order valence-corrected chi connectivity index (χ1v) is 9.31. The van der Waals surface area contributed by atoms with Crippen LogP contribution in [0.15, 0.2) is 36.5 Å². The zero-order valence-corrected chi connectivity index (χ0v) is 15.1. The van der Waals surface area contributed by atoms with E-state index in [2.05, 4.69) is 28.5 Å². The van der Waals surface area contributed by atoms with Crippen molar-refractivity contribution in [3.8, 4) is 11.8 Å². The average molecular weight is 363 g/mol. The summed E-state index contributed by atoms with van der Waals surface area (Å²) in [6, 6.07) is 11.7. The zero-order valence-electron chi connectivity index (χ0n) is 14.3. The summed E-state index contributed by atoms with van der Waals surface area (Å²) in [5.74, 6) is 0.261. The summed E-state index contributed by atoms with van der Waals surface area (Å²) in [7, 11) is 0. The molecule has 2 heterocycles. The van der Waals surface area contributed by atoms with Crippen LogP contribution in [-0.4, -0.2) is 20.9 Å². The number of amides is 1. The van der Waals surface area contributed by atoms with E-state index >= 15 is 0 Å². The van der Waals surface area contributed by atoms with E-state index in [-0.39, 0.29) is 11.6 Å². The van der Waals surface area contributed by atoms with Crippen LogP contribution in [0.2, 0.25) is 0 Å². The van der Waals surface area contributed by atoms with Gasteiger partial charge in [0.2, 0.25) is 0 Å². The second kappa shape index (κ2) is 6.73. The van der Waals surface area contributed by atoms with Crippen LogP contribution in [0.1, 0.15) is 39.8 Å². The van der Waals surface area contributed by atoms with Crippen molar-refractivity contribution in [1.82, 2.24) is 15.0 Å². The summed E-state index contributed by atoms with van der Waals surface area (Å²) in [5, 5.41) is 21.4. The fourth-order valence-corrected chi connectivity index (χ4v) is 4.53. The van der Waals surface area contributed by atoms with Gasteiger partial charge in [-0.15, -0.1) is 16.4 Å². The van der Waals surface area contributed by atoms with Gasteiger partial charge in [0.15, 0.2) is 5.69 Å². The van der Waals surface area contributed by atoms with Crippen LogP contribution in [0.5, 0.6) is 0 Å². The molecule has 1 atom stereocenters. The Kier molecular flexibility index (Phi) is 4.27. The number of carbonyl (C=O) groups excluding carboxylic acids is 1. The monoisotopic (exact) mass is 363 g/mol. The van der Waals surface area contributed by atoms with Crippen molar-refractivity contribution in [2.24, 2.45) is 5.92 Å². The Hall–Kier alpha value is -2.98. The number of para-hydroxylation sites is 1. The molecule has 26 heavy (non-hydrogen) atoms. The molecule has 0 saturated carbocycles. The van der Waals surface area contributed by atoms with E-state index in [0.717, 1.165) is 30.5 Å². The number of nitrogens with zero attached hydrogens (tertiary/aromatic N) is 4. The Morgan fingerprint density at radius 3 is 2.96 bits per heavy atom. The maximum absolute atomic E-state index is 12.6. The zero-order chi connectivity index (χ0) is 18.1. The summed E-state index contributed by atoms with van der Waals surface area (Å²) < 4.78 is 0. The molecular weight excluding hydrogens is 346 g/mol. The van der Waals surface area contributed by atoms with Gasteiger partial charge in [-0.2, -0.15) is 15.2 Å².